The average Bonchev–Trinajstić information content (AvgIpc) is 3.14. The van der Waals surface area contributed by atoms with E-state index in [1.807, 2.05) is 24.3 Å². The highest BCUT2D eigenvalue weighted by atomic mass is 16.1. The Balaban J connectivity index is 1.58. The van der Waals surface area contributed by atoms with Crippen LogP contribution in [-0.2, 0) is 6.54 Å². The molecule has 3 aromatic heterocycles. The monoisotopic (exact) mass is 387 g/mol. The van der Waals surface area contributed by atoms with Crippen LogP contribution in [0, 0.1) is 0 Å². The van der Waals surface area contributed by atoms with Crippen molar-refractivity contribution in [3.63, 3.8) is 0 Å². The summed E-state index contributed by atoms with van der Waals surface area (Å²) < 4.78 is 1.75. The lowest BCUT2D eigenvalue weighted by Crippen LogP contribution is -2.23. The van der Waals surface area contributed by atoms with Gasteiger partial charge in [0.25, 0.3) is 5.91 Å². The van der Waals surface area contributed by atoms with Crippen molar-refractivity contribution in [2.75, 3.05) is 5.73 Å². The molecule has 8 nitrogen and oxygen atoms in total. The fraction of sp³-hybridized carbons (Fsp3) is 0.190. The van der Waals surface area contributed by atoms with E-state index in [0.717, 1.165) is 22.6 Å². The first-order valence-electron chi connectivity index (χ1n) is 9.32. The molecule has 0 fully saturated rings. The van der Waals surface area contributed by atoms with Gasteiger partial charge in [0.2, 0.25) is 0 Å². The molecule has 146 valence electrons. The maximum atomic E-state index is 12.1. The summed E-state index contributed by atoms with van der Waals surface area (Å²) in [7, 11) is 0. The van der Waals surface area contributed by atoms with Gasteiger partial charge >= 0.3 is 0 Å². The summed E-state index contributed by atoms with van der Waals surface area (Å²) in [6, 6.07) is 13.1. The molecule has 29 heavy (non-hydrogen) atoms. The maximum absolute atomic E-state index is 12.1. The highest BCUT2D eigenvalue weighted by molar-refractivity contribution is 5.92. The largest absolute Gasteiger partial charge is 0.382 e. The lowest BCUT2D eigenvalue weighted by Gasteiger charge is -2.06. The van der Waals surface area contributed by atoms with E-state index in [1.54, 1.807) is 28.9 Å². The summed E-state index contributed by atoms with van der Waals surface area (Å²) in [6.45, 7) is 4.52. The van der Waals surface area contributed by atoms with Gasteiger partial charge in [0, 0.05) is 24.2 Å². The van der Waals surface area contributed by atoms with Crippen LogP contribution in [-0.4, -0.2) is 30.5 Å². The zero-order valence-electron chi connectivity index (χ0n) is 16.2. The number of amides is 1. The second-order valence-corrected chi connectivity index (χ2v) is 6.97. The maximum Gasteiger partial charge on any atom is 0.270 e. The predicted molar refractivity (Wildman–Crippen MR) is 110 cm³/mol. The van der Waals surface area contributed by atoms with Crippen molar-refractivity contribution in [2.24, 2.45) is 0 Å². The quantitative estimate of drug-likeness (QED) is 0.545. The van der Waals surface area contributed by atoms with Crippen molar-refractivity contribution < 1.29 is 4.79 Å². The number of nitrogen functional groups attached to an aromatic ring is 1. The smallest absolute Gasteiger partial charge is 0.270 e. The number of hydrogen-bond acceptors (Lipinski definition) is 6. The third-order valence-electron chi connectivity index (χ3n) is 4.58. The first-order valence-corrected chi connectivity index (χ1v) is 9.32. The molecule has 0 bridgehead atoms. The number of imidazole rings is 1. The summed E-state index contributed by atoms with van der Waals surface area (Å²) >= 11 is 0. The number of carbonyl (C=O) groups is 1. The summed E-state index contributed by atoms with van der Waals surface area (Å²) in [5.74, 6) is 1.20. The van der Waals surface area contributed by atoms with Crippen molar-refractivity contribution >= 4 is 17.2 Å². The first kappa shape index (κ1) is 18.5. The molecule has 4 aromatic rings. The molecule has 8 heteroatoms. The average molecular weight is 387 g/mol. The van der Waals surface area contributed by atoms with Gasteiger partial charge in [-0.2, -0.15) is 5.10 Å². The minimum Gasteiger partial charge on any atom is -0.382 e. The van der Waals surface area contributed by atoms with E-state index in [1.165, 1.54) is 6.33 Å². The second-order valence-electron chi connectivity index (χ2n) is 6.97. The second kappa shape index (κ2) is 7.67. The topological polar surface area (TPSA) is 111 Å². The molecule has 0 unspecified atom stereocenters. The molecular weight excluding hydrogens is 366 g/mol. The lowest BCUT2D eigenvalue weighted by atomic mass is 10.1. The Labute approximate surface area is 167 Å². The fourth-order valence-corrected chi connectivity index (χ4v) is 3.10. The summed E-state index contributed by atoms with van der Waals surface area (Å²) in [4.78, 5) is 25.1. The molecule has 3 heterocycles. The molecule has 0 aliphatic carbocycles. The molecule has 0 radical (unpaired) electrons. The van der Waals surface area contributed by atoms with Crippen LogP contribution in [0.15, 0.2) is 55.0 Å². The van der Waals surface area contributed by atoms with Crippen LogP contribution in [0.1, 0.15) is 41.6 Å². The SMILES string of the molecule is CC(C)c1nc(-c2ccc(CNC(=O)c3ccccn3)cc2)c2c(N)ncnn12. The van der Waals surface area contributed by atoms with Crippen molar-refractivity contribution in [3.05, 3.63) is 72.1 Å². The van der Waals surface area contributed by atoms with Gasteiger partial charge in [0.15, 0.2) is 5.82 Å². The molecule has 0 spiro atoms. The Hall–Kier alpha value is -3.81. The van der Waals surface area contributed by atoms with E-state index in [4.69, 9.17) is 10.7 Å². The van der Waals surface area contributed by atoms with Crippen molar-refractivity contribution in [3.8, 4) is 11.3 Å². The Morgan fingerprint density at radius 1 is 1.14 bits per heavy atom. The van der Waals surface area contributed by atoms with Gasteiger partial charge in [0.1, 0.15) is 29.1 Å². The minimum atomic E-state index is -0.207. The highest BCUT2D eigenvalue weighted by Crippen LogP contribution is 2.29. The van der Waals surface area contributed by atoms with Gasteiger partial charge in [-0.15, -0.1) is 0 Å². The zero-order valence-corrected chi connectivity index (χ0v) is 16.2. The van der Waals surface area contributed by atoms with Crippen molar-refractivity contribution in [1.82, 2.24) is 29.9 Å². The van der Waals surface area contributed by atoms with Gasteiger partial charge in [-0.25, -0.2) is 14.5 Å². The molecule has 0 atom stereocenters. The van der Waals surface area contributed by atoms with Crippen LogP contribution in [0.5, 0.6) is 0 Å². The number of hydrogen-bond donors (Lipinski definition) is 2. The number of nitrogens with zero attached hydrogens (tertiary/aromatic N) is 5. The van der Waals surface area contributed by atoms with Crippen molar-refractivity contribution in [1.29, 1.82) is 0 Å². The van der Waals surface area contributed by atoms with Gasteiger partial charge < -0.3 is 11.1 Å². The number of rotatable bonds is 5. The number of nitrogens with one attached hydrogen (secondary N) is 1. The van der Waals surface area contributed by atoms with Crippen molar-refractivity contribution in [2.45, 2.75) is 26.3 Å². The molecule has 3 N–H and O–H groups in total. The molecule has 0 saturated carbocycles. The molecule has 1 amide bonds. The molecular formula is C21H21N7O. The standard InChI is InChI=1S/C21H21N7O/c1-13(2)20-27-17(18-19(22)25-12-26-28(18)20)15-8-6-14(7-9-15)11-24-21(29)16-5-3-4-10-23-16/h3-10,12-13H,11H2,1-2H3,(H,24,29)(H2,22,25,26). The minimum absolute atomic E-state index is 0.187. The van der Waals surface area contributed by atoms with E-state index in [-0.39, 0.29) is 11.8 Å². The number of carbonyl (C=O) groups excluding carboxylic acids is 1. The first-order chi connectivity index (χ1) is 14.0. The van der Waals surface area contributed by atoms with Gasteiger partial charge in [-0.1, -0.05) is 44.2 Å². The van der Waals surface area contributed by atoms with Crippen LogP contribution < -0.4 is 11.1 Å². The third-order valence-corrected chi connectivity index (χ3v) is 4.58. The molecule has 0 aliphatic heterocycles. The normalized spacial score (nSPS) is 11.1. The summed E-state index contributed by atoms with van der Waals surface area (Å²) in [6.07, 6.45) is 3.03. The molecule has 0 saturated heterocycles. The lowest BCUT2D eigenvalue weighted by molar-refractivity contribution is 0.0946. The Morgan fingerprint density at radius 3 is 2.62 bits per heavy atom. The van der Waals surface area contributed by atoms with Gasteiger partial charge in [-0.05, 0) is 17.7 Å². The van der Waals surface area contributed by atoms with Crippen LogP contribution >= 0.6 is 0 Å². The summed E-state index contributed by atoms with van der Waals surface area (Å²) in [5.41, 5.74) is 9.83. The number of fused-ring (bicyclic) bond motifs is 1. The van der Waals surface area contributed by atoms with Gasteiger partial charge in [0.05, 0.1) is 0 Å². The van der Waals surface area contributed by atoms with Crippen LogP contribution in [0.25, 0.3) is 16.8 Å². The molecule has 1 aromatic carbocycles. The number of anilines is 1. The Kier molecular flexibility index (Phi) is 4.90. The Morgan fingerprint density at radius 2 is 1.93 bits per heavy atom. The van der Waals surface area contributed by atoms with Crippen LogP contribution in [0.2, 0.25) is 0 Å². The highest BCUT2D eigenvalue weighted by Gasteiger charge is 2.18. The van der Waals surface area contributed by atoms with Gasteiger partial charge in [-0.3, -0.25) is 9.78 Å². The third kappa shape index (κ3) is 3.64. The van der Waals surface area contributed by atoms with E-state index in [2.05, 4.69) is 34.2 Å². The van der Waals surface area contributed by atoms with Crippen LogP contribution in [0.4, 0.5) is 5.82 Å². The molecule has 4 rings (SSSR count). The van der Waals surface area contributed by atoms with E-state index >= 15 is 0 Å². The zero-order chi connectivity index (χ0) is 20.4. The van der Waals surface area contributed by atoms with Crippen LogP contribution in [0.3, 0.4) is 0 Å². The number of nitrogens with two attached hydrogens (primary N) is 1. The number of aromatic nitrogens is 5. The van der Waals surface area contributed by atoms with E-state index in [0.29, 0.717) is 23.6 Å². The predicted octanol–water partition coefficient (Wildman–Crippen LogP) is 2.82. The Bertz CT molecular complexity index is 1150. The fourth-order valence-electron chi connectivity index (χ4n) is 3.10. The number of pyridine rings is 1. The summed E-state index contributed by atoms with van der Waals surface area (Å²) in [5, 5.41) is 7.19. The van der Waals surface area contributed by atoms with E-state index < -0.39 is 0 Å². The molecule has 0 aliphatic rings. The number of benzene rings is 1. The van der Waals surface area contributed by atoms with E-state index in [9.17, 15) is 4.79 Å².